The van der Waals surface area contributed by atoms with E-state index in [-0.39, 0.29) is 16.7 Å². The van der Waals surface area contributed by atoms with Crippen LogP contribution >= 0.6 is 39.0 Å². The Morgan fingerprint density at radius 2 is 2.00 bits per heavy atom. The Labute approximate surface area is 125 Å². The van der Waals surface area contributed by atoms with Crippen LogP contribution in [0, 0.1) is 0 Å². The van der Waals surface area contributed by atoms with Gasteiger partial charge in [0.1, 0.15) is 0 Å². The number of halogens is 4. The van der Waals surface area contributed by atoms with Gasteiger partial charge in [0.25, 0.3) is 0 Å². The van der Waals surface area contributed by atoms with E-state index >= 15 is 0 Å². The van der Waals surface area contributed by atoms with Crippen LogP contribution in [0.15, 0.2) is 44.4 Å². The van der Waals surface area contributed by atoms with Crippen molar-refractivity contribution in [3.63, 3.8) is 0 Å². The summed E-state index contributed by atoms with van der Waals surface area (Å²) in [6.07, 6.45) is 0. The second kappa shape index (κ2) is 6.19. The van der Waals surface area contributed by atoms with E-state index in [2.05, 4.69) is 21.2 Å². The Balaban J connectivity index is 2.07. The van der Waals surface area contributed by atoms with Crippen molar-refractivity contribution < 1.29 is 13.2 Å². The first-order chi connectivity index (χ1) is 8.94. The van der Waals surface area contributed by atoms with Gasteiger partial charge in [-0.1, -0.05) is 12.1 Å². The second-order valence-corrected chi connectivity index (χ2v) is 7.05. The molecule has 0 bridgehead atoms. The van der Waals surface area contributed by atoms with Gasteiger partial charge < -0.3 is 5.32 Å². The monoisotopic (exact) mass is 367 g/mol. The zero-order valence-corrected chi connectivity index (χ0v) is 12.7. The molecule has 1 aromatic heterocycles. The summed E-state index contributed by atoms with van der Waals surface area (Å²) in [5.74, 6) is 0. The standard InChI is InChI=1S/C12H9BrF3NS2/c13-11-5-8(7-18-11)6-17-9-3-1-2-4-10(9)19-12(14,15)16/h1-5,7,17H,6H2. The molecule has 0 aliphatic rings. The number of thioether (sulfide) groups is 1. The highest BCUT2D eigenvalue weighted by molar-refractivity contribution is 9.11. The molecular formula is C12H9BrF3NS2. The summed E-state index contributed by atoms with van der Waals surface area (Å²) in [6.45, 7) is 0.498. The van der Waals surface area contributed by atoms with Crippen LogP contribution in [0.3, 0.4) is 0 Å². The minimum absolute atomic E-state index is 0.101. The first kappa shape index (κ1) is 14.7. The maximum Gasteiger partial charge on any atom is 0.446 e. The van der Waals surface area contributed by atoms with Crippen LogP contribution in [0.25, 0.3) is 0 Å². The molecular weight excluding hydrogens is 359 g/mol. The Bertz CT molecular complexity index is 554. The van der Waals surface area contributed by atoms with Gasteiger partial charge in [-0.15, -0.1) is 11.3 Å². The molecule has 0 unspecified atom stereocenters. The van der Waals surface area contributed by atoms with Crippen LogP contribution in [0.2, 0.25) is 0 Å². The lowest BCUT2D eigenvalue weighted by Crippen LogP contribution is -2.03. The van der Waals surface area contributed by atoms with Gasteiger partial charge >= 0.3 is 5.51 Å². The third-order valence-electron chi connectivity index (χ3n) is 2.22. The highest BCUT2D eigenvalue weighted by atomic mass is 79.9. The van der Waals surface area contributed by atoms with Gasteiger partial charge in [-0.05, 0) is 56.8 Å². The van der Waals surface area contributed by atoms with Crippen LogP contribution in [0.1, 0.15) is 5.56 Å². The van der Waals surface area contributed by atoms with Crippen molar-refractivity contribution in [2.75, 3.05) is 5.32 Å². The van der Waals surface area contributed by atoms with Gasteiger partial charge in [-0.25, -0.2) is 0 Å². The van der Waals surface area contributed by atoms with Gasteiger partial charge in [-0.3, -0.25) is 0 Å². The number of hydrogen-bond acceptors (Lipinski definition) is 3. The molecule has 0 spiro atoms. The lowest BCUT2D eigenvalue weighted by atomic mass is 10.3. The van der Waals surface area contributed by atoms with Crippen molar-refractivity contribution in [2.24, 2.45) is 0 Å². The second-order valence-electron chi connectivity index (χ2n) is 3.66. The molecule has 0 fully saturated rings. The number of thiophene rings is 1. The number of benzene rings is 1. The normalized spacial score (nSPS) is 11.6. The summed E-state index contributed by atoms with van der Waals surface area (Å²) in [5.41, 5.74) is -2.75. The summed E-state index contributed by atoms with van der Waals surface area (Å²) in [6, 6.07) is 8.36. The largest absolute Gasteiger partial charge is 0.446 e. The Morgan fingerprint density at radius 1 is 1.26 bits per heavy atom. The summed E-state index contributed by atoms with van der Waals surface area (Å²) in [5, 5.41) is 4.99. The minimum Gasteiger partial charge on any atom is -0.380 e. The van der Waals surface area contributed by atoms with E-state index in [4.69, 9.17) is 0 Å². The molecule has 0 saturated carbocycles. The third-order valence-corrected chi connectivity index (χ3v) is 4.58. The minimum atomic E-state index is -4.27. The van der Waals surface area contributed by atoms with Crippen LogP contribution in [-0.4, -0.2) is 5.51 Å². The first-order valence-corrected chi connectivity index (χ1v) is 7.74. The van der Waals surface area contributed by atoms with Crippen molar-refractivity contribution in [3.05, 3.63) is 45.1 Å². The summed E-state index contributed by atoms with van der Waals surface area (Å²) in [4.78, 5) is 0.185. The van der Waals surface area contributed by atoms with Crippen molar-refractivity contribution in [2.45, 2.75) is 16.9 Å². The van der Waals surface area contributed by atoms with E-state index in [1.165, 1.54) is 6.07 Å². The Morgan fingerprint density at radius 3 is 2.63 bits per heavy atom. The molecule has 0 radical (unpaired) electrons. The zero-order chi connectivity index (χ0) is 13.9. The average Bonchev–Trinajstić information content (AvgIpc) is 2.72. The van der Waals surface area contributed by atoms with Crippen molar-refractivity contribution in [1.29, 1.82) is 0 Å². The topological polar surface area (TPSA) is 12.0 Å². The highest BCUT2D eigenvalue weighted by Crippen LogP contribution is 2.40. The van der Waals surface area contributed by atoms with Crippen LogP contribution in [-0.2, 0) is 6.54 Å². The summed E-state index contributed by atoms with van der Waals surface area (Å²) >= 11 is 4.79. The predicted molar refractivity (Wildman–Crippen MR) is 77.7 cm³/mol. The van der Waals surface area contributed by atoms with Gasteiger partial charge in [0, 0.05) is 17.1 Å². The number of para-hydroxylation sites is 1. The van der Waals surface area contributed by atoms with Crippen LogP contribution < -0.4 is 5.32 Å². The third kappa shape index (κ3) is 4.74. The fraction of sp³-hybridized carbons (Fsp3) is 0.167. The van der Waals surface area contributed by atoms with E-state index in [9.17, 15) is 13.2 Å². The van der Waals surface area contributed by atoms with Crippen LogP contribution in [0.4, 0.5) is 18.9 Å². The molecule has 19 heavy (non-hydrogen) atoms. The van der Waals surface area contributed by atoms with E-state index in [1.54, 1.807) is 29.5 Å². The molecule has 7 heteroatoms. The maximum absolute atomic E-state index is 12.4. The van der Waals surface area contributed by atoms with E-state index < -0.39 is 5.51 Å². The van der Waals surface area contributed by atoms with Crippen LogP contribution in [0.5, 0.6) is 0 Å². The van der Waals surface area contributed by atoms with Crippen molar-refractivity contribution in [3.8, 4) is 0 Å². The fourth-order valence-electron chi connectivity index (χ4n) is 1.46. The van der Waals surface area contributed by atoms with Crippen molar-refractivity contribution in [1.82, 2.24) is 0 Å². The number of nitrogens with one attached hydrogen (secondary N) is 1. The molecule has 0 aliphatic heterocycles. The van der Waals surface area contributed by atoms with Gasteiger partial charge in [-0.2, -0.15) is 13.2 Å². The lowest BCUT2D eigenvalue weighted by molar-refractivity contribution is -0.0327. The number of anilines is 1. The Kier molecular flexibility index (Phi) is 4.81. The molecule has 0 saturated heterocycles. The van der Waals surface area contributed by atoms with E-state index in [1.807, 2.05) is 11.4 Å². The highest BCUT2D eigenvalue weighted by Gasteiger charge is 2.30. The quantitative estimate of drug-likeness (QED) is 0.692. The number of rotatable bonds is 4. The SMILES string of the molecule is FC(F)(F)Sc1ccccc1NCc1csc(Br)c1. The van der Waals surface area contributed by atoms with E-state index in [0.717, 1.165) is 9.35 Å². The fourth-order valence-corrected chi connectivity index (χ4v) is 3.32. The molecule has 1 nitrogen and oxygen atoms in total. The smallest absolute Gasteiger partial charge is 0.380 e. The van der Waals surface area contributed by atoms with E-state index in [0.29, 0.717) is 12.2 Å². The van der Waals surface area contributed by atoms with Gasteiger partial charge in [0.2, 0.25) is 0 Å². The molecule has 0 atom stereocenters. The molecule has 2 aromatic rings. The number of hydrogen-bond donors (Lipinski definition) is 1. The number of alkyl halides is 3. The predicted octanol–water partition coefficient (Wildman–Crippen LogP) is 5.73. The first-order valence-electron chi connectivity index (χ1n) is 5.25. The molecule has 2 rings (SSSR count). The van der Waals surface area contributed by atoms with Crippen molar-refractivity contribution >= 4 is 44.7 Å². The van der Waals surface area contributed by atoms with Gasteiger partial charge in [0.15, 0.2) is 0 Å². The summed E-state index contributed by atoms with van der Waals surface area (Å²) < 4.78 is 38.3. The lowest BCUT2D eigenvalue weighted by Gasteiger charge is -2.12. The Hall–Kier alpha value is -0.660. The zero-order valence-electron chi connectivity index (χ0n) is 9.50. The molecule has 0 aliphatic carbocycles. The molecule has 1 aromatic carbocycles. The summed E-state index contributed by atoms with van der Waals surface area (Å²) in [7, 11) is 0. The molecule has 102 valence electrons. The molecule has 1 heterocycles. The van der Waals surface area contributed by atoms with Gasteiger partial charge in [0.05, 0.1) is 3.79 Å². The average molecular weight is 368 g/mol. The molecule has 1 N–H and O–H groups in total. The molecule has 0 amide bonds. The maximum atomic E-state index is 12.4.